The summed E-state index contributed by atoms with van der Waals surface area (Å²) in [7, 11) is 0. The molecule has 0 radical (unpaired) electrons. The van der Waals surface area contributed by atoms with Gasteiger partial charge in [0.2, 0.25) is 0 Å². The molecule has 0 aromatic carbocycles. The Bertz CT molecular complexity index is 471. The van der Waals surface area contributed by atoms with Gasteiger partial charge in [0, 0.05) is 29.9 Å². The van der Waals surface area contributed by atoms with Crippen molar-refractivity contribution in [1.82, 2.24) is 0 Å². The van der Waals surface area contributed by atoms with Gasteiger partial charge >= 0.3 is 11.9 Å². The van der Waals surface area contributed by atoms with Crippen LogP contribution in [0.25, 0.3) is 0 Å². The first-order chi connectivity index (χ1) is 10.0. The Balaban J connectivity index is 1.86. The van der Waals surface area contributed by atoms with E-state index in [1.807, 2.05) is 6.92 Å². The summed E-state index contributed by atoms with van der Waals surface area (Å²) >= 11 is 0. The second kappa shape index (κ2) is 5.44. The lowest BCUT2D eigenvalue weighted by molar-refractivity contribution is -0.198. The van der Waals surface area contributed by atoms with E-state index in [1.54, 1.807) is 6.92 Å². The van der Waals surface area contributed by atoms with E-state index in [4.69, 9.17) is 14.2 Å². The van der Waals surface area contributed by atoms with Crippen molar-refractivity contribution in [3.63, 3.8) is 0 Å². The predicted octanol–water partition coefficient (Wildman–Crippen LogP) is 1.71. The van der Waals surface area contributed by atoms with Gasteiger partial charge in [-0.05, 0) is 26.7 Å². The zero-order valence-electron chi connectivity index (χ0n) is 12.5. The number of ether oxygens (including phenoxy) is 3. The zero-order chi connectivity index (χ0) is 15.1. The van der Waals surface area contributed by atoms with E-state index in [1.165, 1.54) is 0 Å². The predicted molar refractivity (Wildman–Crippen MR) is 74.3 cm³/mol. The summed E-state index contributed by atoms with van der Waals surface area (Å²) in [5.74, 6) is -0.164. The topological polar surface area (TPSA) is 61.8 Å². The van der Waals surface area contributed by atoms with Crippen molar-refractivity contribution in [1.29, 1.82) is 0 Å². The van der Waals surface area contributed by atoms with Gasteiger partial charge in [0.15, 0.2) is 0 Å². The summed E-state index contributed by atoms with van der Waals surface area (Å²) in [6, 6.07) is 0. The highest BCUT2D eigenvalue weighted by Gasteiger charge is 2.61. The van der Waals surface area contributed by atoms with Gasteiger partial charge in [-0.25, -0.2) is 4.79 Å². The van der Waals surface area contributed by atoms with Crippen LogP contribution in [0.4, 0.5) is 0 Å². The van der Waals surface area contributed by atoms with E-state index in [0.717, 1.165) is 12.8 Å². The first kappa shape index (κ1) is 14.6. The fourth-order valence-electron chi connectivity index (χ4n) is 4.27. The van der Waals surface area contributed by atoms with E-state index in [9.17, 15) is 9.59 Å². The number of carbonyl (C=O) groups is 2. The molecular weight excluding hydrogens is 272 g/mol. The van der Waals surface area contributed by atoms with Crippen LogP contribution in [-0.2, 0) is 23.8 Å². The van der Waals surface area contributed by atoms with E-state index in [0.29, 0.717) is 18.8 Å². The highest BCUT2D eigenvalue weighted by molar-refractivity contribution is 5.87. The fraction of sp³-hybridized carbons (Fsp3) is 0.750. The number of esters is 2. The highest BCUT2D eigenvalue weighted by Crippen LogP contribution is 2.53. The molecule has 0 spiro atoms. The average Bonchev–Trinajstić information content (AvgIpc) is 2.85. The van der Waals surface area contributed by atoms with Gasteiger partial charge in [-0.2, -0.15) is 0 Å². The molecule has 4 aliphatic rings. The summed E-state index contributed by atoms with van der Waals surface area (Å²) in [4.78, 5) is 23.9. The van der Waals surface area contributed by atoms with Crippen molar-refractivity contribution in [2.24, 2.45) is 23.7 Å². The lowest BCUT2D eigenvalue weighted by Gasteiger charge is -2.51. The minimum atomic E-state index is -0.376. The number of carbonyl (C=O) groups excluding carboxylic acids is 2. The molecular formula is C16H22O5. The molecule has 1 heterocycles. The Morgan fingerprint density at radius 2 is 2.00 bits per heavy atom. The first-order valence-electron chi connectivity index (χ1n) is 7.69. The molecule has 0 aromatic heterocycles. The van der Waals surface area contributed by atoms with Crippen molar-refractivity contribution in [3.05, 3.63) is 12.2 Å². The van der Waals surface area contributed by atoms with E-state index < -0.39 is 0 Å². The molecule has 0 amide bonds. The second-order valence-electron chi connectivity index (χ2n) is 6.29. The Morgan fingerprint density at radius 1 is 1.29 bits per heavy atom. The summed E-state index contributed by atoms with van der Waals surface area (Å²) in [5.41, 5.74) is 0.391. The van der Waals surface area contributed by atoms with Crippen LogP contribution in [0.2, 0.25) is 0 Å². The van der Waals surface area contributed by atoms with Crippen LogP contribution in [0.1, 0.15) is 26.7 Å². The molecule has 2 bridgehead atoms. The first-order valence-corrected chi connectivity index (χ1v) is 7.69. The van der Waals surface area contributed by atoms with Crippen molar-refractivity contribution in [2.75, 3.05) is 13.2 Å². The molecule has 4 fully saturated rings. The van der Waals surface area contributed by atoms with Gasteiger partial charge in [-0.3, -0.25) is 4.79 Å². The van der Waals surface area contributed by atoms with Crippen molar-refractivity contribution >= 4 is 11.9 Å². The van der Waals surface area contributed by atoms with Crippen LogP contribution in [0.5, 0.6) is 0 Å². The summed E-state index contributed by atoms with van der Waals surface area (Å²) < 4.78 is 16.8. The van der Waals surface area contributed by atoms with Gasteiger partial charge in [-0.1, -0.05) is 6.58 Å². The van der Waals surface area contributed by atoms with Crippen molar-refractivity contribution in [2.45, 2.75) is 38.9 Å². The molecule has 5 heteroatoms. The SMILES string of the molecule is C=C(C)C(=O)OC1C2CCC(C1OCC)C1C(=O)OCC21. The summed E-state index contributed by atoms with van der Waals surface area (Å²) in [6.07, 6.45) is 1.40. The van der Waals surface area contributed by atoms with Crippen molar-refractivity contribution in [3.8, 4) is 0 Å². The third kappa shape index (κ3) is 2.27. The molecule has 0 aromatic rings. The maximum Gasteiger partial charge on any atom is 0.333 e. The van der Waals surface area contributed by atoms with Crippen LogP contribution in [0.3, 0.4) is 0 Å². The number of hydrogen-bond acceptors (Lipinski definition) is 5. The lowest BCUT2D eigenvalue weighted by atomic mass is 9.57. The normalized spacial score (nSPS) is 40.6. The smallest absolute Gasteiger partial charge is 0.333 e. The molecule has 0 N–H and O–H groups in total. The zero-order valence-corrected chi connectivity index (χ0v) is 12.5. The number of hydrogen-bond donors (Lipinski definition) is 0. The molecule has 3 aliphatic carbocycles. The van der Waals surface area contributed by atoms with Gasteiger partial charge in [0.05, 0.1) is 18.6 Å². The quantitative estimate of drug-likeness (QED) is 0.583. The number of rotatable bonds is 4. The van der Waals surface area contributed by atoms with Crippen LogP contribution < -0.4 is 0 Å². The minimum Gasteiger partial charge on any atom is -0.465 e. The molecule has 1 aliphatic heterocycles. The largest absolute Gasteiger partial charge is 0.465 e. The summed E-state index contributed by atoms with van der Waals surface area (Å²) in [5, 5.41) is 0. The highest BCUT2D eigenvalue weighted by atomic mass is 16.6. The Hall–Kier alpha value is -1.36. The van der Waals surface area contributed by atoms with E-state index >= 15 is 0 Å². The van der Waals surface area contributed by atoms with Crippen LogP contribution in [0, 0.1) is 23.7 Å². The van der Waals surface area contributed by atoms with E-state index in [2.05, 4.69) is 6.58 Å². The molecule has 3 saturated carbocycles. The van der Waals surface area contributed by atoms with Crippen LogP contribution >= 0.6 is 0 Å². The number of cyclic esters (lactones) is 1. The average molecular weight is 294 g/mol. The third-order valence-electron chi connectivity index (χ3n) is 5.11. The van der Waals surface area contributed by atoms with Gasteiger partial charge in [-0.15, -0.1) is 0 Å². The standard InChI is InChI=1S/C16H22O5/c1-4-19-13-10-6-5-9(11-7-20-16(18)12(10)11)14(13)21-15(17)8(2)3/h9-14H,2,4-7H2,1,3H3. The minimum absolute atomic E-state index is 0.0833. The molecule has 6 unspecified atom stereocenters. The molecule has 1 saturated heterocycles. The fourth-order valence-corrected chi connectivity index (χ4v) is 4.27. The van der Waals surface area contributed by atoms with Gasteiger partial charge in [0.25, 0.3) is 0 Å². The second-order valence-corrected chi connectivity index (χ2v) is 6.29. The van der Waals surface area contributed by atoms with Crippen LogP contribution in [0.15, 0.2) is 12.2 Å². The molecule has 4 rings (SSSR count). The monoisotopic (exact) mass is 294 g/mol. The maximum atomic E-state index is 12.0. The number of fused-ring (bicyclic) bond motifs is 2. The molecule has 5 nitrogen and oxygen atoms in total. The van der Waals surface area contributed by atoms with Gasteiger partial charge < -0.3 is 14.2 Å². The molecule has 21 heavy (non-hydrogen) atoms. The van der Waals surface area contributed by atoms with Gasteiger partial charge in [0.1, 0.15) is 6.10 Å². The molecule has 6 atom stereocenters. The van der Waals surface area contributed by atoms with Crippen LogP contribution in [-0.4, -0.2) is 37.4 Å². The van der Waals surface area contributed by atoms with Crippen molar-refractivity contribution < 1.29 is 23.8 Å². The molecule has 116 valence electrons. The summed E-state index contributed by atoms with van der Waals surface area (Å²) in [6.45, 7) is 8.19. The maximum absolute atomic E-state index is 12.0. The van der Waals surface area contributed by atoms with E-state index in [-0.39, 0.29) is 47.8 Å². The third-order valence-corrected chi connectivity index (χ3v) is 5.11. The Labute approximate surface area is 124 Å². The lowest BCUT2D eigenvalue weighted by Crippen LogP contribution is -2.59. The Morgan fingerprint density at radius 3 is 2.67 bits per heavy atom. The Kier molecular flexibility index (Phi) is 3.78.